The SMILES string of the molecule is NC1=NNc2nnc(-c3ccccc3)c(-c3ccccc3)c2-c2nn(-c3ccccc3)cc21. The molecule has 0 atom stereocenters. The molecule has 33 heavy (non-hydrogen) atoms. The van der Waals surface area contributed by atoms with E-state index in [2.05, 4.69) is 32.9 Å². The Morgan fingerprint density at radius 1 is 0.667 bits per heavy atom. The number of hydrazone groups is 1. The van der Waals surface area contributed by atoms with Gasteiger partial charge in [-0.1, -0.05) is 78.9 Å². The molecule has 3 heterocycles. The first-order chi connectivity index (χ1) is 16.3. The lowest BCUT2D eigenvalue weighted by Gasteiger charge is -2.15. The fourth-order valence-corrected chi connectivity index (χ4v) is 4.06. The molecule has 3 N–H and O–H groups in total. The zero-order valence-electron chi connectivity index (χ0n) is 17.6. The summed E-state index contributed by atoms with van der Waals surface area (Å²) in [6, 6.07) is 30.1. The van der Waals surface area contributed by atoms with Gasteiger partial charge < -0.3 is 5.73 Å². The Morgan fingerprint density at radius 2 is 1.30 bits per heavy atom. The van der Waals surface area contributed by atoms with E-state index in [-0.39, 0.29) is 0 Å². The Labute approximate surface area is 190 Å². The Morgan fingerprint density at radius 3 is 2.00 bits per heavy atom. The summed E-state index contributed by atoms with van der Waals surface area (Å²) < 4.78 is 1.82. The standard InChI is InChI=1S/C26H19N7/c27-25-20-16-33(19-14-8-3-9-15-19)32-24(20)22-21(17-10-4-1-5-11-17)23(18-12-6-2-7-13-18)28-30-26(22)31-29-25/h1-16H,(H2,27,29)(H,30,31). The van der Waals surface area contributed by atoms with Crippen molar-refractivity contribution >= 4 is 11.7 Å². The van der Waals surface area contributed by atoms with Crippen molar-refractivity contribution < 1.29 is 0 Å². The predicted octanol–water partition coefficient (Wildman–Crippen LogP) is 4.71. The summed E-state index contributed by atoms with van der Waals surface area (Å²) in [7, 11) is 0. The van der Waals surface area contributed by atoms with Crippen LogP contribution in [0.25, 0.3) is 39.3 Å². The zero-order chi connectivity index (χ0) is 22.2. The van der Waals surface area contributed by atoms with Crippen molar-refractivity contribution in [1.29, 1.82) is 0 Å². The van der Waals surface area contributed by atoms with Crippen LogP contribution in [0, 0.1) is 0 Å². The molecule has 0 spiro atoms. The fraction of sp³-hybridized carbons (Fsp3) is 0. The largest absolute Gasteiger partial charge is 0.382 e. The average molecular weight is 429 g/mol. The van der Waals surface area contributed by atoms with E-state index in [9.17, 15) is 0 Å². The molecule has 3 aromatic carbocycles. The van der Waals surface area contributed by atoms with Gasteiger partial charge in [-0.2, -0.15) is 10.2 Å². The first-order valence-electron chi connectivity index (χ1n) is 10.6. The van der Waals surface area contributed by atoms with Crippen molar-refractivity contribution in [3.05, 3.63) is 103 Å². The van der Waals surface area contributed by atoms with Crippen LogP contribution in [0.3, 0.4) is 0 Å². The molecule has 0 fully saturated rings. The highest BCUT2D eigenvalue weighted by Crippen LogP contribution is 2.43. The Hall–Kier alpha value is -4.78. The molecule has 1 aliphatic heterocycles. The number of nitrogens with one attached hydrogen (secondary N) is 1. The minimum atomic E-state index is 0.338. The summed E-state index contributed by atoms with van der Waals surface area (Å²) in [4.78, 5) is 0. The van der Waals surface area contributed by atoms with Crippen molar-refractivity contribution in [3.8, 4) is 39.3 Å². The molecule has 0 bridgehead atoms. The highest BCUT2D eigenvalue weighted by atomic mass is 15.4. The van der Waals surface area contributed by atoms with Gasteiger partial charge in [-0.3, -0.25) is 5.43 Å². The van der Waals surface area contributed by atoms with Crippen LogP contribution in [-0.4, -0.2) is 25.8 Å². The van der Waals surface area contributed by atoms with E-state index in [4.69, 9.17) is 10.8 Å². The second-order valence-corrected chi connectivity index (χ2v) is 7.66. The third-order valence-corrected chi connectivity index (χ3v) is 5.61. The summed E-state index contributed by atoms with van der Waals surface area (Å²) in [5.41, 5.74) is 16.2. The summed E-state index contributed by atoms with van der Waals surface area (Å²) >= 11 is 0. The number of nitrogens with two attached hydrogens (primary N) is 1. The molecule has 0 radical (unpaired) electrons. The third kappa shape index (κ3) is 3.23. The number of amidine groups is 1. The van der Waals surface area contributed by atoms with Crippen LogP contribution < -0.4 is 11.2 Å². The maximum Gasteiger partial charge on any atom is 0.179 e. The van der Waals surface area contributed by atoms with Crippen molar-refractivity contribution in [2.45, 2.75) is 0 Å². The van der Waals surface area contributed by atoms with Gasteiger partial charge in [0.05, 0.1) is 16.8 Å². The number of para-hydroxylation sites is 1. The van der Waals surface area contributed by atoms with Crippen molar-refractivity contribution in [3.63, 3.8) is 0 Å². The number of benzene rings is 3. The molecule has 6 rings (SSSR count). The van der Waals surface area contributed by atoms with E-state index in [1.165, 1.54) is 0 Å². The van der Waals surface area contributed by atoms with Gasteiger partial charge in [0.25, 0.3) is 0 Å². The fourth-order valence-electron chi connectivity index (χ4n) is 4.06. The van der Waals surface area contributed by atoms with Crippen LogP contribution in [0.15, 0.2) is 102 Å². The van der Waals surface area contributed by atoms with Crippen LogP contribution in [-0.2, 0) is 0 Å². The first-order valence-corrected chi connectivity index (χ1v) is 10.6. The topological polar surface area (TPSA) is 94.0 Å². The summed E-state index contributed by atoms with van der Waals surface area (Å²) in [5.74, 6) is 0.846. The van der Waals surface area contributed by atoms with E-state index < -0.39 is 0 Å². The minimum absolute atomic E-state index is 0.338. The molecule has 0 saturated heterocycles. The molecule has 2 aromatic heterocycles. The molecule has 0 aliphatic carbocycles. The number of hydrogen-bond donors (Lipinski definition) is 2. The maximum atomic E-state index is 6.34. The molecule has 0 saturated carbocycles. The van der Waals surface area contributed by atoms with Gasteiger partial charge in [0.2, 0.25) is 0 Å². The van der Waals surface area contributed by atoms with Crippen LogP contribution in [0.5, 0.6) is 0 Å². The number of nitrogens with zero attached hydrogens (tertiary/aromatic N) is 5. The number of anilines is 1. The molecule has 7 nitrogen and oxygen atoms in total. The molecule has 0 unspecified atom stereocenters. The molecule has 0 amide bonds. The van der Waals surface area contributed by atoms with Crippen molar-refractivity contribution in [1.82, 2.24) is 20.0 Å². The maximum absolute atomic E-state index is 6.34. The highest BCUT2D eigenvalue weighted by Gasteiger charge is 2.28. The van der Waals surface area contributed by atoms with Gasteiger partial charge in [0.1, 0.15) is 11.4 Å². The van der Waals surface area contributed by atoms with Crippen LogP contribution in [0.1, 0.15) is 5.56 Å². The first kappa shape index (κ1) is 18.9. The average Bonchev–Trinajstić information content (AvgIpc) is 3.28. The minimum Gasteiger partial charge on any atom is -0.382 e. The van der Waals surface area contributed by atoms with E-state index in [0.29, 0.717) is 17.3 Å². The smallest absolute Gasteiger partial charge is 0.179 e. The normalized spacial score (nSPS) is 12.2. The molecule has 5 aromatic rings. The van der Waals surface area contributed by atoms with E-state index >= 15 is 0 Å². The molecule has 158 valence electrons. The van der Waals surface area contributed by atoms with Gasteiger partial charge in [0, 0.05) is 17.3 Å². The molecular formula is C26H19N7. The van der Waals surface area contributed by atoms with E-state index in [1.54, 1.807) is 0 Å². The van der Waals surface area contributed by atoms with Crippen LogP contribution in [0.4, 0.5) is 5.82 Å². The lowest BCUT2D eigenvalue weighted by Crippen LogP contribution is -2.14. The molecule has 7 heteroatoms. The zero-order valence-corrected chi connectivity index (χ0v) is 17.6. The lowest BCUT2D eigenvalue weighted by atomic mass is 9.92. The Bertz CT molecular complexity index is 1470. The monoisotopic (exact) mass is 429 g/mol. The lowest BCUT2D eigenvalue weighted by molar-refractivity contribution is 0.883. The summed E-state index contributed by atoms with van der Waals surface area (Å²) in [6.07, 6.45) is 1.90. The highest BCUT2D eigenvalue weighted by molar-refractivity contribution is 6.08. The van der Waals surface area contributed by atoms with Gasteiger partial charge in [-0.05, 0) is 17.7 Å². The van der Waals surface area contributed by atoms with Gasteiger partial charge in [0.15, 0.2) is 11.7 Å². The predicted molar refractivity (Wildman–Crippen MR) is 130 cm³/mol. The van der Waals surface area contributed by atoms with Crippen LogP contribution >= 0.6 is 0 Å². The van der Waals surface area contributed by atoms with E-state index in [1.807, 2.05) is 89.7 Å². The Kier molecular flexibility index (Phi) is 4.43. The number of hydrogen-bond acceptors (Lipinski definition) is 6. The second kappa shape index (κ2) is 7.72. The van der Waals surface area contributed by atoms with E-state index in [0.717, 1.165) is 39.2 Å². The van der Waals surface area contributed by atoms with Gasteiger partial charge in [-0.15, -0.1) is 10.2 Å². The van der Waals surface area contributed by atoms with Crippen molar-refractivity contribution in [2.75, 3.05) is 5.43 Å². The third-order valence-electron chi connectivity index (χ3n) is 5.61. The van der Waals surface area contributed by atoms with Crippen molar-refractivity contribution in [2.24, 2.45) is 10.8 Å². The van der Waals surface area contributed by atoms with Gasteiger partial charge in [-0.25, -0.2) is 4.68 Å². The van der Waals surface area contributed by atoms with Gasteiger partial charge >= 0.3 is 0 Å². The number of rotatable bonds is 3. The summed E-state index contributed by atoms with van der Waals surface area (Å²) in [6.45, 7) is 0. The molecular weight excluding hydrogens is 410 g/mol. The number of aromatic nitrogens is 4. The summed E-state index contributed by atoms with van der Waals surface area (Å²) in [5, 5.41) is 18.4. The number of fused-ring (bicyclic) bond motifs is 3. The second-order valence-electron chi connectivity index (χ2n) is 7.66. The molecule has 1 aliphatic rings. The van der Waals surface area contributed by atoms with Crippen LogP contribution in [0.2, 0.25) is 0 Å². The Balaban J connectivity index is 1.68. The quantitative estimate of drug-likeness (QED) is 0.433.